The van der Waals surface area contributed by atoms with Crippen LogP contribution in [0.5, 0.6) is 11.5 Å². The minimum Gasteiger partial charge on any atom is -0.486 e. The summed E-state index contributed by atoms with van der Waals surface area (Å²) in [7, 11) is 3.95. The minimum absolute atomic E-state index is 0.0340. The number of nitrogens with zero attached hydrogens (tertiary/aromatic N) is 1. The van der Waals surface area contributed by atoms with Crippen molar-refractivity contribution in [3.63, 3.8) is 0 Å². The van der Waals surface area contributed by atoms with E-state index in [2.05, 4.69) is 5.32 Å². The molecule has 0 saturated carbocycles. The molecule has 1 N–H and O–H groups in total. The van der Waals surface area contributed by atoms with Crippen molar-refractivity contribution in [2.24, 2.45) is 0 Å². The van der Waals surface area contributed by atoms with Crippen LogP contribution in [0.15, 0.2) is 41.0 Å². The van der Waals surface area contributed by atoms with Crippen LogP contribution in [0, 0.1) is 0 Å². The Morgan fingerprint density at radius 1 is 1.19 bits per heavy atom. The Labute approximate surface area is 154 Å². The van der Waals surface area contributed by atoms with Gasteiger partial charge in [-0.25, -0.2) is 0 Å². The van der Waals surface area contributed by atoms with Crippen LogP contribution in [-0.2, 0) is 11.2 Å². The number of benzene rings is 1. The molecule has 0 aliphatic carbocycles. The van der Waals surface area contributed by atoms with Crippen LogP contribution in [0.3, 0.4) is 0 Å². The lowest BCUT2D eigenvalue weighted by Crippen LogP contribution is -2.34. The summed E-state index contributed by atoms with van der Waals surface area (Å²) in [6.45, 7) is 1.71. The first-order chi connectivity index (χ1) is 12.6. The molecule has 1 aliphatic heterocycles. The van der Waals surface area contributed by atoms with Gasteiger partial charge in [0.15, 0.2) is 11.5 Å². The Morgan fingerprint density at radius 3 is 2.73 bits per heavy atom. The number of carbonyl (C=O) groups is 1. The number of hydrogen-bond donors (Lipinski definition) is 1. The van der Waals surface area contributed by atoms with Gasteiger partial charge in [-0.1, -0.05) is 6.07 Å². The smallest absolute Gasteiger partial charge is 0.220 e. The van der Waals surface area contributed by atoms with Crippen molar-refractivity contribution in [2.75, 3.05) is 33.9 Å². The number of nitrogens with one attached hydrogen (secondary N) is 1. The lowest BCUT2D eigenvalue weighted by Gasteiger charge is -2.22. The number of furan rings is 1. The highest BCUT2D eigenvalue weighted by Crippen LogP contribution is 2.31. The molecule has 0 bridgehead atoms. The second kappa shape index (κ2) is 8.76. The fourth-order valence-corrected chi connectivity index (χ4v) is 3.01. The van der Waals surface area contributed by atoms with Gasteiger partial charge in [0.05, 0.1) is 12.3 Å². The zero-order valence-corrected chi connectivity index (χ0v) is 15.4. The summed E-state index contributed by atoms with van der Waals surface area (Å²) < 4.78 is 16.6. The van der Waals surface area contributed by atoms with E-state index < -0.39 is 0 Å². The first-order valence-corrected chi connectivity index (χ1v) is 8.98. The third kappa shape index (κ3) is 4.79. The molecule has 1 aromatic heterocycles. The van der Waals surface area contributed by atoms with Gasteiger partial charge in [-0.05, 0) is 56.8 Å². The summed E-state index contributed by atoms with van der Waals surface area (Å²) in [5, 5.41) is 3.00. The van der Waals surface area contributed by atoms with E-state index in [0.29, 0.717) is 26.2 Å². The van der Waals surface area contributed by atoms with Gasteiger partial charge in [-0.2, -0.15) is 0 Å². The molecule has 26 heavy (non-hydrogen) atoms. The summed E-state index contributed by atoms with van der Waals surface area (Å²) in [5.74, 6) is 2.50. The van der Waals surface area contributed by atoms with Gasteiger partial charge < -0.3 is 19.2 Å². The molecule has 6 heteroatoms. The predicted molar refractivity (Wildman–Crippen MR) is 98.5 cm³/mol. The second-order valence-electron chi connectivity index (χ2n) is 6.63. The maximum atomic E-state index is 12.2. The van der Waals surface area contributed by atoms with E-state index in [1.807, 2.05) is 49.3 Å². The van der Waals surface area contributed by atoms with Crippen molar-refractivity contribution in [3.8, 4) is 11.5 Å². The van der Waals surface area contributed by atoms with E-state index in [4.69, 9.17) is 13.9 Å². The third-order valence-electron chi connectivity index (χ3n) is 4.46. The fourth-order valence-electron chi connectivity index (χ4n) is 3.01. The van der Waals surface area contributed by atoms with Crippen LogP contribution in [0.1, 0.15) is 30.2 Å². The van der Waals surface area contributed by atoms with Crippen LogP contribution in [0.25, 0.3) is 0 Å². The topological polar surface area (TPSA) is 63.9 Å². The molecule has 2 aromatic rings. The maximum Gasteiger partial charge on any atom is 0.220 e. The molecule has 3 rings (SSSR count). The average Bonchev–Trinajstić information content (AvgIpc) is 3.16. The quantitative estimate of drug-likeness (QED) is 0.786. The monoisotopic (exact) mass is 358 g/mol. The van der Waals surface area contributed by atoms with Crippen molar-refractivity contribution in [2.45, 2.75) is 25.3 Å². The molecule has 0 radical (unpaired) electrons. The van der Waals surface area contributed by atoms with Gasteiger partial charge >= 0.3 is 0 Å². The van der Waals surface area contributed by atoms with Crippen LogP contribution in [0.4, 0.5) is 0 Å². The molecule has 1 amide bonds. The number of likely N-dealkylation sites (N-methyl/N-ethyl adjacent to an activating group) is 1. The number of fused-ring (bicyclic) bond motifs is 1. The molecule has 2 heterocycles. The largest absolute Gasteiger partial charge is 0.486 e. The molecule has 0 fully saturated rings. The Bertz CT molecular complexity index is 713. The molecule has 0 spiro atoms. The normalized spacial score (nSPS) is 14.3. The van der Waals surface area contributed by atoms with Crippen molar-refractivity contribution in [1.82, 2.24) is 10.2 Å². The number of ether oxygens (including phenoxy) is 2. The summed E-state index contributed by atoms with van der Waals surface area (Å²) in [4.78, 5) is 14.2. The highest BCUT2D eigenvalue weighted by atomic mass is 16.6. The van der Waals surface area contributed by atoms with Crippen molar-refractivity contribution in [1.29, 1.82) is 0 Å². The SMILES string of the molecule is CN(C)C(CNC(=O)CCCc1ccc2c(c1)OCCO2)c1ccco1. The Balaban J connectivity index is 1.43. The Morgan fingerprint density at radius 2 is 2.00 bits per heavy atom. The first kappa shape index (κ1) is 18.3. The molecule has 1 unspecified atom stereocenters. The van der Waals surface area contributed by atoms with Gasteiger partial charge in [0.2, 0.25) is 5.91 Å². The highest BCUT2D eigenvalue weighted by molar-refractivity contribution is 5.75. The van der Waals surface area contributed by atoms with E-state index >= 15 is 0 Å². The molecule has 1 aliphatic rings. The van der Waals surface area contributed by atoms with Crippen molar-refractivity contribution in [3.05, 3.63) is 47.9 Å². The van der Waals surface area contributed by atoms with Crippen molar-refractivity contribution >= 4 is 5.91 Å². The molecule has 1 atom stereocenters. The van der Waals surface area contributed by atoms with E-state index in [0.717, 1.165) is 35.7 Å². The van der Waals surface area contributed by atoms with Crippen LogP contribution >= 0.6 is 0 Å². The number of amides is 1. The number of aryl methyl sites for hydroxylation is 1. The zero-order chi connectivity index (χ0) is 18.4. The highest BCUT2D eigenvalue weighted by Gasteiger charge is 2.17. The third-order valence-corrected chi connectivity index (χ3v) is 4.46. The van der Waals surface area contributed by atoms with Gasteiger partial charge in [0, 0.05) is 13.0 Å². The van der Waals surface area contributed by atoms with Crippen LogP contribution < -0.4 is 14.8 Å². The lowest BCUT2D eigenvalue weighted by atomic mass is 10.1. The molecule has 0 saturated heterocycles. The average molecular weight is 358 g/mol. The van der Waals surface area contributed by atoms with E-state index in [1.165, 1.54) is 0 Å². The van der Waals surface area contributed by atoms with E-state index in [-0.39, 0.29) is 11.9 Å². The number of carbonyl (C=O) groups excluding carboxylic acids is 1. The second-order valence-corrected chi connectivity index (χ2v) is 6.63. The van der Waals surface area contributed by atoms with Gasteiger partial charge in [-0.15, -0.1) is 0 Å². The number of rotatable bonds is 8. The lowest BCUT2D eigenvalue weighted by molar-refractivity contribution is -0.121. The molecular formula is C20H26N2O4. The molecule has 1 aromatic carbocycles. The predicted octanol–water partition coefficient (Wildman–Crippen LogP) is 2.79. The van der Waals surface area contributed by atoms with E-state index in [1.54, 1.807) is 6.26 Å². The fraction of sp³-hybridized carbons (Fsp3) is 0.450. The summed E-state index contributed by atoms with van der Waals surface area (Å²) in [6, 6.07) is 9.80. The Hall–Kier alpha value is -2.47. The summed E-state index contributed by atoms with van der Waals surface area (Å²) in [5.41, 5.74) is 1.16. The molecule has 140 valence electrons. The number of hydrogen-bond acceptors (Lipinski definition) is 5. The minimum atomic E-state index is 0.0340. The van der Waals surface area contributed by atoms with Crippen LogP contribution in [-0.4, -0.2) is 44.7 Å². The summed E-state index contributed by atoms with van der Waals surface area (Å²) >= 11 is 0. The Kier molecular flexibility index (Phi) is 6.17. The van der Waals surface area contributed by atoms with Gasteiger partial charge in [0.1, 0.15) is 19.0 Å². The molecular weight excluding hydrogens is 332 g/mol. The van der Waals surface area contributed by atoms with Crippen molar-refractivity contribution < 1.29 is 18.7 Å². The zero-order valence-electron chi connectivity index (χ0n) is 15.4. The molecule has 6 nitrogen and oxygen atoms in total. The summed E-state index contributed by atoms with van der Waals surface area (Å²) in [6.07, 6.45) is 3.77. The maximum absolute atomic E-state index is 12.2. The van der Waals surface area contributed by atoms with Gasteiger partial charge in [0.25, 0.3) is 0 Å². The van der Waals surface area contributed by atoms with Crippen LogP contribution in [0.2, 0.25) is 0 Å². The van der Waals surface area contributed by atoms with Gasteiger partial charge in [-0.3, -0.25) is 9.69 Å². The van der Waals surface area contributed by atoms with E-state index in [9.17, 15) is 4.79 Å². The standard InChI is InChI=1S/C20H26N2O4/c1-22(2)16(17-6-4-10-24-17)14-21-20(23)7-3-5-15-8-9-18-19(13-15)26-12-11-25-18/h4,6,8-10,13,16H,3,5,7,11-12,14H2,1-2H3,(H,21,23). The first-order valence-electron chi connectivity index (χ1n) is 8.98.